The smallest absolute Gasteiger partial charge is 0.559 e. The van der Waals surface area contributed by atoms with E-state index in [-0.39, 0.29) is 0 Å². The highest BCUT2D eigenvalue weighted by Crippen LogP contribution is 1.92. The second kappa shape index (κ2) is 11.4. The maximum atomic E-state index is 5.38. The molecule has 5 nitrogen and oxygen atoms in total. The molecule has 0 bridgehead atoms. The van der Waals surface area contributed by atoms with Crippen LogP contribution >= 0.6 is 0 Å². The molecule has 0 atom stereocenters. The third-order valence-electron chi connectivity index (χ3n) is 1.39. The normalized spacial score (nSPS) is 11.1. The largest absolute Gasteiger partial charge is 0.634 e. The molecule has 0 saturated carbocycles. The molecule has 0 heterocycles. The van der Waals surface area contributed by atoms with E-state index >= 15 is 0 Å². The monoisotopic (exact) mass is 222 g/mol. The Bertz CT molecular complexity index is 104. The predicted molar refractivity (Wildman–Crippen MR) is 53.0 cm³/mol. The average Bonchev–Trinajstić information content (AvgIpc) is 2.18. The van der Waals surface area contributed by atoms with Gasteiger partial charge in [0.1, 0.15) is 0 Å². The molecule has 0 aromatic heterocycles. The molecule has 0 aliphatic rings. The van der Waals surface area contributed by atoms with Crippen LogP contribution in [0.4, 0.5) is 0 Å². The number of hydrogen-bond donors (Lipinski definition) is 0. The molecular weight excluding hydrogens is 203 g/mol. The molecule has 0 rings (SSSR count). The van der Waals surface area contributed by atoms with Crippen LogP contribution in [-0.2, 0) is 20.8 Å². The van der Waals surface area contributed by atoms with Crippen molar-refractivity contribution in [1.82, 2.24) is 0 Å². The lowest BCUT2D eigenvalue weighted by atomic mass is 10.8. The van der Waals surface area contributed by atoms with Crippen LogP contribution in [0.5, 0.6) is 0 Å². The molecule has 0 unspecified atom stereocenters. The number of methoxy groups -OCH3 is 2. The Kier molecular flexibility index (Phi) is 11.7. The summed E-state index contributed by atoms with van der Waals surface area (Å²) in [6.45, 7) is 4.67. The SMILES string of the molecule is CC[O][Al-]([O]CCOC)[O]CCOC. The van der Waals surface area contributed by atoms with Gasteiger partial charge in [-0.3, -0.25) is 0 Å². The third-order valence-corrected chi connectivity index (χ3v) is 3.01. The van der Waals surface area contributed by atoms with Gasteiger partial charge in [-0.1, -0.05) is 0 Å². The van der Waals surface area contributed by atoms with Crippen molar-refractivity contribution in [1.29, 1.82) is 0 Å². The highest BCUT2D eigenvalue weighted by atomic mass is 27.3. The molecule has 0 aromatic carbocycles. The van der Waals surface area contributed by atoms with Crippen molar-refractivity contribution in [2.45, 2.75) is 6.92 Å². The zero-order valence-corrected chi connectivity index (χ0v) is 10.3. The van der Waals surface area contributed by atoms with Crippen molar-refractivity contribution in [3.63, 3.8) is 0 Å². The summed E-state index contributed by atoms with van der Waals surface area (Å²) in [6.07, 6.45) is 0. The molecular formula is C8H19AlO5-. The lowest BCUT2D eigenvalue weighted by Gasteiger charge is -2.27. The van der Waals surface area contributed by atoms with E-state index in [1.54, 1.807) is 14.2 Å². The fourth-order valence-corrected chi connectivity index (χ4v) is 1.87. The molecule has 0 aliphatic carbocycles. The van der Waals surface area contributed by atoms with Crippen molar-refractivity contribution >= 4 is 15.1 Å². The van der Waals surface area contributed by atoms with Crippen LogP contribution in [-0.4, -0.2) is 62.4 Å². The van der Waals surface area contributed by atoms with E-state index in [1.165, 1.54) is 0 Å². The molecule has 14 heavy (non-hydrogen) atoms. The highest BCUT2D eigenvalue weighted by Gasteiger charge is 2.07. The van der Waals surface area contributed by atoms with Crippen LogP contribution in [0.25, 0.3) is 0 Å². The topological polar surface area (TPSA) is 46.2 Å². The zero-order valence-electron chi connectivity index (χ0n) is 9.15. The Morgan fingerprint density at radius 1 is 0.786 bits per heavy atom. The summed E-state index contributed by atoms with van der Waals surface area (Å²) in [5.74, 6) is 0. The fourth-order valence-electron chi connectivity index (χ4n) is 0.736. The summed E-state index contributed by atoms with van der Waals surface area (Å²) in [6, 6.07) is 0. The molecule has 0 spiro atoms. The van der Waals surface area contributed by atoms with E-state index in [2.05, 4.69) is 0 Å². The van der Waals surface area contributed by atoms with Gasteiger partial charge in [0.15, 0.2) is 0 Å². The van der Waals surface area contributed by atoms with Crippen molar-refractivity contribution in [2.24, 2.45) is 0 Å². The molecule has 85 valence electrons. The summed E-state index contributed by atoms with van der Waals surface area (Å²) >= 11 is -1.96. The van der Waals surface area contributed by atoms with E-state index in [0.717, 1.165) is 0 Å². The first-order valence-electron chi connectivity index (χ1n) is 4.67. The van der Waals surface area contributed by atoms with Crippen molar-refractivity contribution < 1.29 is 20.8 Å². The Morgan fingerprint density at radius 2 is 1.29 bits per heavy atom. The minimum absolute atomic E-state index is 0.514. The highest BCUT2D eigenvalue weighted by molar-refractivity contribution is 6.36. The zero-order chi connectivity index (χ0) is 10.6. The van der Waals surface area contributed by atoms with Gasteiger partial charge in [-0.2, -0.15) is 0 Å². The number of rotatable bonds is 10. The summed E-state index contributed by atoms with van der Waals surface area (Å²) in [4.78, 5) is 0. The predicted octanol–water partition coefficient (Wildman–Crippen LogP) is 0.334. The van der Waals surface area contributed by atoms with Gasteiger partial charge in [0, 0.05) is 27.4 Å². The summed E-state index contributed by atoms with van der Waals surface area (Å²) in [5.41, 5.74) is 0. The second-order valence-corrected chi connectivity index (χ2v) is 4.05. The van der Waals surface area contributed by atoms with Crippen LogP contribution in [0.3, 0.4) is 0 Å². The van der Waals surface area contributed by atoms with Crippen molar-refractivity contribution in [2.75, 3.05) is 47.3 Å². The van der Waals surface area contributed by atoms with Crippen LogP contribution in [0.15, 0.2) is 0 Å². The maximum Gasteiger partial charge on any atom is 0.559 e. The second-order valence-electron chi connectivity index (χ2n) is 2.47. The fraction of sp³-hybridized carbons (Fsp3) is 1.00. The summed E-state index contributed by atoms with van der Waals surface area (Å²) in [5, 5.41) is 0. The van der Waals surface area contributed by atoms with Gasteiger partial charge < -0.3 is 20.8 Å². The van der Waals surface area contributed by atoms with Crippen molar-refractivity contribution in [3.05, 3.63) is 0 Å². The lowest BCUT2D eigenvalue weighted by molar-refractivity contribution is 0.0526. The van der Waals surface area contributed by atoms with Crippen LogP contribution in [0.1, 0.15) is 6.92 Å². The van der Waals surface area contributed by atoms with Gasteiger partial charge in [-0.15, -0.1) is 0 Å². The Balaban J connectivity index is 3.44. The molecule has 0 aromatic rings. The van der Waals surface area contributed by atoms with E-state index in [4.69, 9.17) is 20.8 Å². The molecule has 0 fully saturated rings. The first kappa shape index (κ1) is 14.3. The Morgan fingerprint density at radius 3 is 1.64 bits per heavy atom. The number of hydrogen-bond acceptors (Lipinski definition) is 5. The molecule has 0 aliphatic heterocycles. The minimum Gasteiger partial charge on any atom is -0.634 e. The Hall–Kier alpha value is 0.332. The van der Waals surface area contributed by atoms with Crippen LogP contribution < -0.4 is 0 Å². The molecule has 6 heteroatoms. The van der Waals surface area contributed by atoms with E-state index in [1.807, 2.05) is 6.92 Å². The molecule has 0 N–H and O–H groups in total. The van der Waals surface area contributed by atoms with Gasteiger partial charge in [-0.05, 0) is 13.5 Å². The minimum atomic E-state index is -1.96. The van der Waals surface area contributed by atoms with E-state index in [9.17, 15) is 0 Å². The molecule has 0 amide bonds. The first-order valence-corrected chi connectivity index (χ1v) is 6.09. The van der Waals surface area contributed by atoms with Crippen LogP contribution in [0, 0.1) is 0 Å². The van der Waals surface area contributed by atoms with E-state index in [0.29, 0.717) is 33.0 Å². The van der Waals surface area contributed by atoms with Crippen molar-refractivity contribution in [3.8, 4) is 0 Å². The van der Waals surface area contributed by atoms with E-state index < -0.39 is 15.1 Å². The third kappa shape index (κ3) is 8.91. The van der Waals surface area contributed by atoms with Gasteiger partial charge in [-0.25, -0.2) is 0 Å². The number of ether oxygens (including phenoxy) is 2. The lowest BCUT2D eigenvalue weighted by Crippen LogP contribution is -2.30. The van der Waals surface area contributed by atoms with Gasteiger partial charge >= 0.3 is 15.1 Å². The molecule has 1 radical (unpaired) electrons. The van der Waals surface area contributed by atoms with Gasteiger partial charge in [0.2, 0.25) is 0 Å². The standard InChI is InChI=1S/2C3H7O2.C2H5O.Al/c2*1-5-3-2-4;1-2-3;/h2*2-3H2,1H3;2H2,1H3;/q3*-1;+2. The molecule has 0 saturated heterocycles. The van der Waals surface area contributed by atoms with Crippen LogP contribution in [0.2, 0.25) is 0 Å². The summed E-state index contributed by atoms with van der Waals surface area (Å²) in [7, 11) is 3.26. The quantitative estimate of drug-likeness (QED) is 0.394. The average molecular weight is 222 g/mol. The van der Waals surface area contributed by atoms with Gasteiger partial charge in [0.25, 0.3) is 0 Å². The maximum absolute atomic E-state index is 5.38. The van der Waals surface area contributed by atoms with Gasteiger partial charge in [0.05, 0.1) is 13.2 Å². The Labute approximate surface area is 90.6 Å². The summed E-state index contributed by atoms with van der Waals surface area (Å²) < 4.78 is 25.8. The first-order chi connectivity index (χ1) is 6.85.